The first kappa shape index (κ1) is 9.25. The van der Waals surface area contributed by atoms with E-state index < -0.39 is 0 Å². The van der Waals surface area contributed by atoms with Crippen molar-refractivity contribution in [1.82, 2.24) is 0 Å². The Bertz CT molecular complexity index is 397. The molecule has 74 valence electrons. The third kappa shape index (κ3) is 0.999. The number of fused-ring (bicyclic) bond motifs is 1. The topological polar surface area (TPSA) is 29.1 Å². The molecule has 14 heavy (non-hydrogen) atoms. The summed E-state index contributed by atoms with van der Waals surface area (Å²) in [6.45, 7) is 6.13. The number of carbonyl (C=O) groups excluding carboxylic acids is 1. The van der Waals surface area contributed by atoms with E-state index in [2.05, 4.69) is 25.2 Å². The first-order chi connectivity index (χ1) is 6.59. The highest BCUT2D eigenvalue weighted by molar-refractivity contribution is 6.06. The van der Waals surface area contributed by atoms with Crippen molar-refractivity contribution in [1.29, 1.82) is 0 Å². The van der Waals surface area contributed by atoms with Gasteiger partial charge in [-0.05, 0) is 37.5 Å². The van der Waals surface area contributed by atoms with Crippen molar-refractivity contribution in [2.45, 2.75) is 32.6 Å². The van der Waals surface area contributed by atoms with E-state index in [1.165, 1.54) is 11.1 Å². The summed E-state index contributed by atoms with van der Waals surface area (Å²) in [4.78, 5) is 11.8. The number of hydrogen-bond donors (Lipinski definition) is 1. The fourth-order valence-corrected chi connectivity index (χ4v) is 2.22. The van der Waals surface area contributed by atoms with E-state index in [-0.39, 0.29) is 11.3 Å². The molecule has 1 aromatic rings. The van der Waals surface area contributed by atoms with Gasteiger partial charge in [0.05, 0.1) is 5.41 Å². The lowest BCUT2D eigenvalue weighted by Crippen LogP contribution is -2.30. The van der Waals surface area contributed by atoms with E-state index in [9.17, 15) is 4.79 Å². The molecule has 0 unspecified atom stereocenters. The van der Waals surface area contributed by atoms with Crippen LogP contribution in [0.4, 0.5) is 5.69 Å². The van der Waals surface area contributed by atoms with E-state index in [4.69, 9.17) is 0 Å². The van der Waals surface area contributed by atoms with Crippen LogP contribution in [0.3, 0.4) is 0 Å². The molecular formula is C12H15NO. The van der Waals surface area contributed by atoms with Gasteiger partial charge in [-0.15, -0.1) is 0 Å². The van der Waals surface area contributed by atoms with Gasteiger partial charge in [-0.25, -0.2) is 0 Å². The lowest BCUT2D eigenvalue weighted by molar-refractivity contribution is -0.120. The van der Waals surface area contributed by atoms with Crippen molar-refractivity contribution in [3.63, 3.8) is 0 Å². The van der Waals surface area contributed by atoms with E-state index in [0.29, 0.717) is 0 Å². The molecule has 1 amide bonds. The standard InChI is InChI=1S/C12H15NO/c1-4-12(3)10-8(2)6-5-7-9(10)13-11(12)14/h5-7H,4H2,1-3H3,(H,13,14)/t12-/m1/s1. The first-order valence-electron chi connectivity index (χ1n) is 5.01. The van der Waals surface area contributed by atoms with Crippen molar-refractivity contribution >= 4 is 11.6 Å². The lowest BCUT2D eigenvalue weighted by Gasteiger charge is -2.21. The number of carbonyl (C=O) groups is 1. The predicted molar refractivity (Wildman–Crippen MR) is 57.5 cm³/mol. The number of rotatable bonds is 1. The molecule has 0 aliphatic carbocycles. The Morgan fingerprint density at radius 3 is 2.79 bits per heavy atom. The Kier molecular flexibility index (Phi) is 1.88. The fourth-order valence-electron chi connectivity index (χ4n) is 2.22. The zero-order valence-electron chi connectivity index (χ0n) is 8.85. The maximum absolute atomic E-state index is 11.8. The zero-order chi connectivity index (χ0) is 10.3. The van der Waals surface area contributed by atoms with Crippen LogP contribution in [-0.4, -0.2) is 5.91 Å². The molecule has 0 fully saturated rings. The van der Waals surface area contributed by atoms with Crippen LogP contribution >= 0.6 is 0 Å². The summed E-state index contributed by atoms with van der Waals surface area (Å²) < 4.78 is 0. The Hall–Kier alpha value is -1.31. The number of aryl methyl sites for hydroxylation is 1. The Morgan fingerprint density at radius 2 is 2.14 bits per heavy atom. The van der Waals surface area contributed by atoms with Gasteiger partial charge in [-0.3, -0.25) is 4.79 Å². The smallest absolute Gasteiger partial charge is 0.234 e. The molecule has 1 atom stereocenters. The molecular weight excluding hydrogens is 174 g/mol. The van der Waals surface area contributed by atoms with Gasteiger partial charge in [-0.1, -0.05) is 19.1 Å². The molecule has 0 saturated heterocycles. The van der Waals surface area contributed by atoms with Crippen molar-refractivity contribution in [2.75, 3.05) is 5.32 Å². The van der Waals surface area contributed by atoms with Gasteiger partial charge in [0.15, 0.2) is 0 Å². The highest BCUT2D eigenvalue weighted by atomic mass is 16.2. The van der Waals surface area contributed by atoms with Gasteiger partial charge in [0.2, 0.25) is 5.91 Å². The second-order valence-electron chi connectivity index (χ2n) is 4.14. The van der Waals surface area contributed by atoms with Crippen LogP contribution in [0.15, 0.2) is 18.2 Å². The third-order valence-corrected chi connectivity index (χ3v) is 3.28. The second kappa shape index (κ2) is 2.84. The Morgan fingerprint density at radius 1 is 1.43 bits per heavy atom. The van der Waals surface area contributed by atoms with Gasteiger partial charge in [0.1, 0.15) is 0 Å². The van der Waals surface area contributed by atoms with Crippen LogP contribution in [0.5, 0.6) is 0 Å². The molecule has 0 saturated carbocycles. The van der Waals surface area contributed by atoms with Crippen LogP contribution in [0.25, 0.3) is 0 Å². The quantitative estimate of drug-likeness (QED) is 0.723. The summed E-state index contributed by atoms with van der Waals surface area (Å²) >= 11 is 0. The first-order valence-corrected chi connectivity index (χ1v) is 5.01. The monoisotopic (exact) mass is 189 g/mol. The number of anilines is 1. The maximum Gasteiger partial charge on any atom is 0.234 e. The molecule has 1 N–H and O–H groups in total. The summed E-state index contributed by atoms with van der Waals surface area (Å²) in [5.41, 5.74) is 3.03. The normalized spacial score (nSPS) is 24.6. The third-order valence-electron chi connectivity index (χ3n) is 3.28. The maximum atomic E-state index is 11.8. The van der Waals surface area contributed by atoms with Crippen LogP contribution < -0.4 is 5.32 Å². The van der Waals surface area contributed by atoms with Crippen LogP contribution in [-0.2, 0) is 10.2 Å². The molecule has 2 rings (SSSR count). The van der Waals surface area contributed by atoms with Gasteiger partial charge < -0.3 is 5.32 Å². The summed E-state index contributed by atoms with van der Waals surface area (Å²) in [5.74, 6) is 0.129. The van der Waals surface area contributed by atoms with Crippen LogP contribution in [0.1, 0.15) is 31.4 Å². The molecule has 1 aliphatic rings. The van der Waals surface area contributed by atoms with Crippen LogP contribution in [0, 0.1) is 6.92 Å². The number of nitrogens with one attached hydrogen (secondary N) is 1. The Balaban J connectivity index is 2.67. The van der Waals surface area contributed by atoms with E-state index >= 15 is 0 Å². The average Bonchev–Trinajstić information content (AvgIpc) is 2.41. The van der Waals surface area contributed by atoms with Gasteiger partial charge in [0.25, 0.3) is 0 Å². The van der Waals surface area contributed by atoms with E-state index in [1.807, 2.05) is 19.1 Å². The molecule has 0 radical (unpaired) electrons. The van der Waals surface area contributed by atoms with Crippen molar-refractivity contribution in [3.05, 3.63) is 29.3 Å². The molecule has 2 heteroatoms. The van der Waals surface area contributed by atoms with Gasteiger partial charge in [-0.2, -0.15) is 0 Å². The summed E-state index contributed by atoms with van der Waals surface area (Å²) in [7, 11) is 0. The highest BCUT2D eigenvalue weighted by Crippen LogP contribution is 2.41. The molecule has 0 spiro atoms. The fraction of sp³-hybridized carbons (Fsp3) is 0.417. The number of benzene rings is 1. The van der Waals surface area contributed by atoms with Gasteiger partial charge >= 0.3 is 0 Å². The predicted octanol–water partition coefficient (Wildman–Crippen LogP) is 2.61. The molecule has 1 aromatic carbocycles. The number of amides is 1. The molecule has 0 aromatic heterocycles. The largest absolute Gasteiger partial charge is 0.325 e. The highest BCUT2D eigenvalue weighted by Gasteiger charge is 2.41. The molecule has 1 heterocycles. The van der Waals surface area contributed by atoms with Crippen molar-refractivity contribution in [2.24, 2.45) is 0 Å². The minimum atomic E-state index is -0.333. The van der Waals surface area contributed by atoms with Crippen molar-refractivity contribution < 1.29 is 4.79 Å². The summed E-state index contributed by atoms with van der Waals surface area (Å²) in [5, 5.41) is 2.94. The lowest BCUT2D eigenvalue weighted by atomic mass is 9.79. The Labute approximate surface area is 84.3 Å². The number of hydrogen-bond acceptors (Lipinski definition) is 1. The SMILES string of the molecule is CC[C@@]1(C)C(=O)Nc2cccc(C)c21. The second-order valence-corrected chi connectivity index (χ2v) is 4.14. The summed E-state index contributed by atoms with van der Waals surface area (Å²) in [6.07, 6.45) is 0.844. The molecule has 0 bridgehead atoms. The van der Waals surface area contributed by atoms with Crippen molar-refractivity contribution in [3.8, 4) is 0 Å². The minimum absolute atomic E-state index is 0.129. The zero-order valence-corrected chi connectivity index (χ0v) is 8.85. The molecule has 2 nitrogen and oxygen atoms in total. The molecule has 1 aliphatic heterocycles. The minimum Gasteiger partial charge on any atom is -0.325 e. The van der Waals surface area contributed by atoms with E-state index in [1.54, 1.807) is 0 Å². The van der Waals surface area contributed by atoms with E-state index in [0.717, 1.165) is 12.1 Å². The summed E-state index contributed by atoms with van der Waals surface area (Å²) in [6, 6.07) is 6.02. The van der Waals surface area contributed by atoms with Crippen LogP contribution in [0.2, 0.25) is 0 Å². The average molecular weight is 189 g/mol. The van der Waals surface area contributed by atoms with Gasteiger partial charge in [0, 0.05) is 5.69 Å².